The second kappa shape index (κ2) is 10.8. The number of nitrogens with zero attached hydrogens (tertiary/aromatic N) is 3. The summed E-state index contributed by atoms with van der Waals surface area (Å²) in [6, 6.07) is 21.2. The molecule has 0 aliphatic carbocycles. The first-order valence-corrected chi connectivity index (χ1v) is 14.3. The Morgan fingerprint density at radius 3 is 1.86 bits per heavy atom. The Bertz CT molecular complexity index is 1490. The van der Waals surface area contributed by atoms with Crippen molar-refractivity contribution >= 4 is 31.6 Å². The lowest BCUT2D eigenvalue weighted by Gasteiger charge is -2.29. The van der Waals surface area contributed by atoms with Crippen LogP contribution in [0.1, 0.15) is 21.5 Å². The third kappa shape index (κ3) is 5.79. The van der Waals surface area contributed by atoms with Gasteiger partial charge in [-0.3, -0.25) is 4.79 Å². The lowest BCUT2D eigenvalue weighted by atomic mass is 10.1. The summed E-state index contributed by atoms with van der Waals surface area (Å²) in [4.78, 5) is 13.8. The van der Waals surface area contributed by atoms with Crippen LogP contribution in [0.3, 0.4) is 0 Å². The highest BCUT2D eigenvalue weighted by molar-refractivity contribution is 7.92. The van der Waals surface area contributed by atoms with E-state index in [1.165, 1.54) is 24.3 Å². The largest absolute Gasteiger partial charge is 0.379 e. The number of carbonyl (C=O) groups excluding carboxylic acids is 1. The molecule has 0 aromatic heterocycles. The summed E-state index contributed by atoms with van der Waals surface area (Å²) in [5.41, 5.74) is 2.02. The van der Waals surface area contributed by atoms with Crippen LogP contribution in [0.4, 0.5) is 0 Å². The predicted octanol–water partition coefficient (Wildman–Crippen LogP) is 4.05. The summed E-state index contributed by atoms with van der Waals surface area (Å²) in [5.74, 6) is -1.38. The fraction of sp³-hybridized carbons (Fsp3) is 0.231. The van der Waals surface area contributed by atoms with Crippen LogP contribution in [-0.2, 0) is 24.7 Å². The first-order valence-electron chi connectivity index (χ1n) is 11.4. The summed E-state index contributed by atoms with van der Waals surface area (Å²) >= 11 is 0. The van der Waals surface area contributed by atoms with Gasteiger partial charge in [-0.15, -0.1) is 4.40 Å². The number of rotatable bonds is 6. The summed E-state index contributed by atoms with van der Waals surface area (Å²) in [5, 5.41) is 0. The van der Waals surface area contributed by atoms with E-state index in [1.807, 2.05) is 13.8 Å². The molecule has 8 nitrogen and oxygen atoms in total. The third-order valence-corrected chi connectivity index (χ3v) is 9.28. The van der Waals surface area contributed by atoms with Gasteiger partial charge in [0.15, 0.2) is 0 Å². The van der Waals surface area contributed by atoms with Crippen LogP contribution in [0, 0.1) is 13.8 Å². The minimum absolute atomic E-state index is 0.0881. The summed E-state index contributed by atoms with van der Waals surface area (Å²) in [7, 11) is -7.75. The Morgan fingerprint density at radius 2 is 1.31 bits per heavy atom. The van der Waals surface area contributed by atoms with Crippen LogP contribution < -0.4 is 0 Å². The maximum absolute atomic E-state index is 14.5. The van der Waals surface area contributed by atoms with Gasteiger partial charge in [0, 0.05) is 18.7 Å². The van der Waals surface area contributed by atoms with E-state index < -0.39 is 31.6 Å². The number of sulfonamides is 1. The van der Waals surface area contributed by atoms with Gasteiger partial charge < -0.3 is 4.74 Å². The molecule has 36 heavy (non-hydrogen) atoms. The molecule has 4 rings (SSSR count). The Kier molecular flexibility index (Phi) is 7.79. The van der Waals surface area contributed by atoms with Crippen LogP contribution >= 0.6 is 0 Å². The molecule has 0 amide bonds. The minimum Gasteiger partial charge on any atom is -0.379 e. The van der Waals surface area contributed by atoms with Crippen molar-refractivity contribution in [3.05, 3.63) is 95.6 Å². The Morgan fingerprint density at radius 1 is 0.778 bits per heavy atom. The molecular weight excluding hydrogens is 498 g/mol. The highest BCUT2D eigenvalue weighted by Gasteiger charge is 2.29. The number of carbonyl (C=O) groups is 1. The van der Waals surface area contributed by atoms with Crippen LogP contribution in [0.25, 0.3) is 0 Å². The van der Waals surface area contributed by atoms with E-state index in [1.54, 1.807) is 58.9 Å². The number of amidine groups is 1. The van der Waals surface area contributed by atoms with E-state index in [4.69, 9.17) is 4.74 Å². The molecule has 3 aromatic carbocycles. The number of benzene rings is 3. The lowest BCUT2D eigenvalue weighted by molar-refractivity contribution is 0.0745. The molecule has 0 saturated carbocycles. The fourth-order valence-corrected chi connectivity index (χ4v) is 6.58. The topological polar surface area (TPSA) is 105 Å². The second-order valence-electron chi connectivity index (χ2n) is 8.34. The average molecular weight is 526 g/mol. The van der Waals surface area contributed by atoms with Crippen LogP contribution in [-0.4, -0.2) is 54.9 Å². The van der Waals surface area contributed by atoms with E-state index in [0.717, 1.165) is 11.1 Å². The molecule has 0 N–H and O–H groups in total. The maximum atomic E-state index is 14.5. The van der Waals surface area contributed by atoms with Crippen molar-refractivity contribution in [1.82, 2.24) is 4.31 Å². The fourth-order valence-electron chi connectivity index (χ4n) is 3.58. The molecule has 10 heteroatoms. The van der Waals surface area contributed by atoms with Gasteiger partial charge in [0.2, 0.25) is 11.6 Å². The molecule has 0 radical (unpaired) electrons. The van der Waals surface area contributed by atoms with Crippen LogP contribution in [0.15, 0.2) is 97.4 Å². The van der Waals surface area contributed by atoms with Crippen molar-refractivity contribution in [2.24, 2.45) is 8.76 Å². The maximum Gasteiger partial charge on any atom is 0.284 e. The number of hydrogen-bond acceptors (Lipinski definition) is 5. The van der Waals surface area contributed by atoms with Gasteiger partial charge in [0.25, 0.3) is 10.0 Å². The van der Waals surface area contributed by atoms with Gasteiger partial charge in [-0.1, -0.05) is 65.7 Å². The second-order valence-corrected chi connectivity index (χ2v) is 12.1. The van der Waals surface area contributed by atoms with Crippen LogP contribution in [0.5, 0.6) is 0 Å². The minimum atomic E-state index is -4.32. The standard InChI is InChI=1S/C26H27N3O5S2/c1-20-8-12-23(13-9-20)35(31,29-16-18-34-19-17-29)27-26(25(30)22-6-4-3-5-7-22)28-36(32,33)24-14-10-21(2)11-15-24/h3-15H,16-19H2,1-2H3/b28-26-. The van der Waals surface area contributed by atoms with Crippen molar-refractivity contribution in [2.75, 3.05) is 26.3 Å². The molecule has 188 valence electrons. The number of aryl methyl sites for hydroxylation is 2. The zero-order chi connectivity index (χ0) is 25.8. The molecule has 3 aromatic rings. The number of Topliss-reactive ketones (excluding diaryl/α,β-unsaturated/α-hetero) is 1. The van der Waals surface area contributed by atoms with Crippen LogP contribution in [0.2, 0.25) is 0 Å². The molecule has 1 aliphatic rings. The zero-order valence-electron chi connectivity index (χ0n) is 20.0. The molecule has 1 atom stereocenters. The van der Waals surface area contributed by atoms with Gasteiger partial charge >= 0.3 is 0 Å². The molecule has 1 fully saturated rings. The van der Waals surface area contributed by atoms with E-state index >= 15 is 0 Å². The number of ether oxygens (including phenoxy) is 1. The van der Waals surface area contributed by atoms with Crippen molar-refractivity contribution in [2.45, 2.75) is 23.6 Å². The summed E-state index contributed by atoms with van der Waals surface area (Å²) in [6.45, 7) is 5.00. The van der Waals surface area contributed by atoms with Crippen molar-refractivity contribution in [1.29, 1.82) is 0 Å². The van der Waals surface area contributed by atoms with Crippen molar-refractivity contribution in [3.63, 3.8) is 0 Å². The molecule has 1 aliphatic heterocycles. The van der Waals surface area contributed by atoms with E-state index in [0.29, 0.717) is 31.2 Å². The highest BCUT2D eigenvalue weighted by Crippen LogP contribution is 2.23. The van der Waals surface area contributed by atoms with Gasteiger partial charge in [0.1, 0.15) is 9.92 Å². The van der Waals surface area contributed by atoms with E-state index in [2.05, 4.69) is 8.76 Å². The number of hydrogen-bond donors (Lipinski definition) is 0. The van der Waals surface area contributed by atoms with Crippen molar-refractivity contribution < 1.29 is 22.2 Å². The molecule has 0 bridgehead atoms. The third-order valence-electron chi connectivity index (χ3n) is 5.62. The number of ketones is 1. The molecule has 1 saturated heterocycles. The highest BCUT2D eigenvalue weighted by atomic mass is 32.2. The first-order chi connectivity index (χ1) is 17.2. The molecule has 1 unspecified atom stereocenters. The smallest absolute Gasteiger partial charge is 0.284 e. The monoisotopic (exact) mass is 525 g/mol. The summed E-state index contributed by atoms with van der Waals surface area (Å²) in [6.07, 6.45) is 0. The average Bonchev–Trinajstić information content (AvgIpc) is 2.89. The lowest BCUT2D eigenvalue weighted by Crippen LogP contribution is -2.41. The van der Waals surface area contributed by atoms with Gasteiger partial charge in [-0.05, 0) is 38.1 Å². The first kappa shape index (κ1) is 25.9. The SMILES string of the molecule is Cc1ccc(S(=O)(=O)/N=C(\N=S(=O)(c2ccc(C)cc2)N2CCOCC2)C(=O)c2ccccc2)cc1. The Balaban J connectivity index is 1.95. The number of morpholine rings is 1. The van der Waals surface area contributed by atoms with Crippen molar-refractivity contribution in [3.8, 4) is 0 Å². The normalized spacial score (nSPS) is 16.8. The van der Waals surface area contributed by atoms with Gasteiger partial charge in [0.05, 0.1) is 23.0 Å². The quantitative estimate of drug-likeness (QED) is 0.274. The van der Waals surface area contributed by atoms with Gasteiger partial charge in [-0.2, -0.15) is 12.8 Å². The predicted molar refractivity (Wildman–Crippen MR) is 139 cm³/mol. The molecular formula is C26H27N3O5S2. The molecule has 1 heterocycles. The van der Waals surface area contributed by atoms with E-state index in [-0.39, 0.29) is 10.5 Å². The summed E-state index contributed by atoms with van der Waals surface area (Å²) < 4.78 is 56.2. The molecule has 0 spiro atoms. The Hall–Kier alpha value is -3.18. The zero-order valence-corrected chi connectivity index (χ0v) is 21.7. The van der Waals surface area contributed by atoms with Gasteiger partial charge in [-0.25, -0.2) is 8.51 Å². The Labute approximate surface area is 212 Å². The van der Waals surface area contributed by atoms with E-state index in [9.17, 15) is 17.4 Å².